The van der Waals surface area contributed by atoms with Gasteiger partial charge in [0.05, 0.1) is 34.9 Å². The maximum absolute atomic E-state index is 13.2. The minimum atomic E-state index is -1.20. The third-order valence-corrected chi connectivity index (χ3v) is 13.6. The molecular weight excluding hydrogens is 576 g/mol. The zero-order valence-electron chi connectivity index (χ0n) is 27.4. The summed E-state index contributed by atoms with van der Waals surface area (Å²) in [4.78, 5) is 25.1. The molecule has 45 heavy (non-hydrogen) atoms. The number of cyclic esters (lactones) is 1. The third-order valence-electron chi connectivity index (χ3n) is 13.6. The molecule has 4 aliphatic carbocycles. The highest BCUT2D eigenvalue weighted by Crippen LogP contribution is 2.70. The summed E-state index contributed by atoms with van der Waals surface area (Å²) in [5.41, 5.74) is -2.47. The summed E-state index contributed by atoms with van der Waals surface area (Å²) >= 11 is 0. The lowest BCUT2D eigenvalue weighted by molar-refractivity contribution is -0.278. The van der Waals surface area contributed by atoms with Crippen LogP contribution < -0.4 is 0 Å². The molecule has 0 bridgehead atoms. The van der Waals surface area contributed by atoms with Gasteiger partial charge in [0.1, 0.15) is 19.0 Å². The number of aliphatic hydroxyl groups is 2. The summed E-state index contributed by atoms with van der Waals surface area (Å²) in [5, 5.41) is 24.8. The lowest BCUT2D eigenvalue weighted by atomic mass is 9.41. The van der Waals surface area contributed by atoms with Gasteiger partial charge in [-0.2, -0.15) is 0 Å². The zero-order valence-corrected chi connectivity index (χ0v) is 27.4. The van der Waals surface area contributed by atoms with Gasteiger partial charge in [-0.1, -0.05) is 19.1 Å². The van der Waals surface area contributed by atoms with Gasteiger partial charge in [0, 0.05) is 30.8 Å². The van der Waals surface area contributed by atoms with Crippen molar-refractivity contribution < 1.29 is 43.5 Å². The molecule has 250 valence electrons. The van der Waals surface area contributed by atoms with E-state index in [0.717, 1.165) is 44.0 Å². The number of allylic oxidation sites excluding steroid dienone is 2. The predicted octanol–water partition coefficient (Wildman–Crippen LogP) is 4.91. The van der Waals surface area contributed by atoms with E-state index in [0.29, 0.717) is 51.6 Å². The molecule has 9 nitrogen and oxygen atoms in total. The Labute approximate surface area is 267 Å². The molecule has 6 fully saturated rings. The molecule has 3 aliphatic heterocycles. The Morgan fingerprint density at radius 2 is 1.84 bits per heavy atom. The van der Waals surface area contributed by atoms with E-state index in [1.165, 1.54) is 0 Å². The Balaban J connectivity index is 1.04. The number of ether oxygens (including phenoxy) is 5. The first-order valence-corrected chi connectivity index (χ1v) is 17.5. The first-order chi connectivity index (χ1) is 21.4. The van der Waals surface area contributed by atoms with Crippen molar-refractivity contribution in [1.29, 1.82) is 0 Å². The first kappa shape index (κ1) is 32.0. The molecule has 0 aromatic heterocycles. The van der Waals surface area contributed by atoms with Crippen molar-refractivity contribution >= 4 is 12.3 Å². The summed E-state index contributed by atoms with van der Waals surface area (Å²) in [6, 6.07) is 0. The molecule has 9 heteroatoms. The van der Waals surface area contributed by atoms with Gasteiger partial charge in [-0.3, -0.25) is 0 Å². The molecule has 2 N–H and O–H groups in total. The average Bonchev–Trinajstić information content (AvgIpc) is 3.65. The van der Waals surface area contributed by atoms with Gasteiger partial charge in [-0.25, -0.2) is 4.79 Å². The van der Waals surface area contributed by atoms with Crippen LogP contribution in [0.4, 0.5) is 0 Å². The number of fused-ring (bicyclic) bond motifs is 6. The van der Waals surface area contributed by atoms with E-state index in [4.69, 9.17) is 23.7 Å². The van der Waals surface area contributed by atoms with Gasteiger partial charge >= 0.3 is 5.97 Å². The van der Waals surface area contributed by atoms with Crippen molar-refractivity contribution in [2.45, 2.75) is 152 Å². The topological polar surface area (TPSA) is 121 Å². The Kier molecular flexibility index (Phi) is 7.98. The molecule has 0 radical (unpaired) electrons. The van der Waals surface area contributed by atoms with Crippen molar-refractivity contribution in [1.82, 2.24) is 0 Å². The molecule has 0 aromatic rings. The van der Waals surface area contributed by atoms with Gasteiger partial charge in [0.15, 0.2) is 12.1 Å². The molecule has 2 saturated heterocycles. The van der Waals surface area contributed by atoms with Gasteiger partial charge in [0.25, 0.3) is 0 Å². The van der Waals surface area contributed by atoms with E-state index in [-0.39, 0.29) is 48.1 Å². The van der Waals surface area contributed by atoms with Crippen LogP contribution in [-0.2, 0) is 33.3 Å². The van der Waals surface area contributed by atoms with Gasteiger partial charge in [0.2, 0.25) is 0 Å². The molecule has 7 rings (SSSR count). The van der Waals surface area contributed by atoms with Gasteiger partial charge < -0.3 is 38.7 Å². The van der Waals surface area contributed by atoms with Gasteiger partial charge in [-0.05, 0) is 102 Å². The Hall–Kier alpha value is -1.62. The number of esters is 1. The fraction of sp³-hybridized carbons (Fsp3) is 0.833. The van der Waals surface area contributed by atoms with Crippen LogP contribution in [-0.4, -0.2) is 76.8 Å². The third kappa shape index (κ3) is 4.85. The fourth-order valence-corrected chi connectivity index (χ4v) is 11.3. The minimum absolute atomic E-state index is 0.0797. The molecule has 0 spiro atoms. The number of carbonyl (C=O) groups excluding carboxylic acids is 2. The maximum atomic E-state index is 13.2. The second-order valence-electron chi connectivity index (χ2n) is 15.7. The van der Waals surface area contributed by atoms with E-state index < -0.39 is 34.1 Å². The summed E-state index contributed by atoms with van der Waals surface area (Å²) < 4.78 is 30.9. The molecule has 13 unspecified atom stereocenters. The SMILES string of the molecule is C/C=C/CCC1(C)OC2CC(OC3CCC4(C=O)C5CCC6(C)C(C7=CC(=O)OC7)CCC6(O)C5CCC4(O)C3)OC(C)C2O1. The number of hydrogen-bond donors (Lipinski definition) is 2. The van der Waals surface area contributed by atoms with Crippen LogP contribution in [0.25, 0.3) is 0 Å². The van der Waals surface area contributed by atoms with E-state index in [1.807, 2.05) is 26.8 Å². The lowest BCUT2D eigenvalue weighted by Gasteiger charge is -2.65. The monoisotopic (exact) mass is 628 g/mol. The summed E-state index contributed by atoms with van der Waals surface area (Å²) in [5.74, 6) is -1.04. The molecule has 0 aromatic carbocycles. The van der Waals surface area contributed by atoms with Crippen LogP contribution in [0.1, 0.15) is 105 Å². The quantitative estimate of drug-likeness (QED) is 0.175. The Morgan fingerprint density at radius 1 is 1.04 bits per heavy atom. The highest BCUT2D eigenvalue weighted by Gasteiger charge is 2.71. The lowest BCUT2D eigenvalue weighted by Crippen LogP contribution is -2.69. The smallest absolute Gasteiger partial charge is 0.331 e. The van der Waals surface area contributed by atoms with E-state index in [1.54, 1.807) is 6.08 Å². The minimum Gasteiger partial charge on any atom is -0.458 e. The first-order valence-electron chi connectivity index (χ1n) is 17.5. The largest absolute Gasteiger partial charge is 0.458 e. The summed E-state index contributed by atoms with van der Waals surface area (Å²) in [6.45, 7) is 8.49. The Morgan fingerprint density at radius 3 is 2.58 bits per heavy atom. The number of aldehydes is 1. The zero-order chi connectivity index (χ0) is 31.8. The van der Waals surface area contributed by atoms with Crippen molar-refractivity contribution in [2.24, 2.45) is 28.6 Å². The van der Waals surface area contributed by atoms with Crippen molar-refractivity contribution in [3.63, 3.8) is 0 Å². The normalized spacial score (nSPS) is 52.5. The van der Waals surface area contributed by atoms with Crippen molar-refractivity contribution in [3.05, 3.63) is 23.8 Å². The van der Waals surface area contributed by atoms with Crippen LogP contribution in [0, 0.1) is 28.6 Å². The second kappa shape index (κ2) is 11.2. The van der Waals surface area contributed by atoms with Crippen LogP contribution in [0.3, 0.4) is 0 Å². The van der Waals surface area contributed by atoms with Crippen molar-refractivity contribution in [3.8, 4) is 0 Å². The van der Waals surface area contributed by atoms with Crippen LogP contribution >= 0.6 is 0 Å². The summed E-state index contributed by atoms with van der Waals surface area (Å²) in [6.07, 6.45) is 13.5. The molecule has 0 amide bonds. The van der Waals surface area contributed by atoms with Crippen molar-refractivity contribution in [2.75, 3.05) is 6.61 Å². The predicted molar refractivity (Wildman–Crippen MR) is 164 cm³/mol. The van der Waals surface area contributed by atoms with E-state index >= 15 is 0 Å². The summed E-state index contributed by atoms with van der Waals surface area (Å²) in [7, 11) is 0. The molecule has 4 saturated carbocycles. The highest BCUT2D eigenvalue weighted by molar-refractivity contribution is 5.85. The van der Waals surface area contributed by atoms with E-state index in [9.17, 15) is 19.8 Å². The fourth-order valence-electron chi connectivity index (χ4n) is 11.3. The Bertz CT molecular complexity index is 1250. The van der Waals surface area contributed by atoms with Crippen LogP contribution in [0.5, 0.6) is 0 Å². The van der Waals surface area contributed by atoms with Crippen LogP contribution in [0.15, 0.2) is 23.8 Å². The molecule has 13 atom stereocenters. The maximum Gasteiger partial charge on any atom is 0.331 e. The van der Waals surface area contributed by atoms with Crippen LogP contribution in [0.2, 0.25) is 0 Å². The highest BCUT2D eigenvalue weighted by atomic mass is 16.8. The van der Waals surface area contributed by atoms with Gasteiger partial charge in [-0.15, -0.1) is 0 Å². The average molecular weight is 629 g/mol. The number of carbonyl (C=O) groups is 2. The number of rotatable bonds is 7. The molecule has 7 aliphatic rings. The molecular formula is C36H52O9. The standard InChI is InChI=1S/C36H52O9/c1-5-6-7-12-33(4)44-28-18-30(42-22(2)31(28)45-33)43-24-8-14-34(21-37)26-9-13-32(3)25(23-17-29(38)41-20-23)11-16-36(32,40)27(26)10-15-35(34,39)19-24/h5-6,17,21-22,24-28,30-31,39-40H,7-16,18-20H2,1-4H3/b6-5+. The number of hydrogen-bond acceptors (Lipinski definition) is 9. The molecule has 3 heterocycles. The van der Waals surface area contributed by atoms with E-state index in [2.05, 4.69) is 13.0 Å². The second-order valence-corrected chi connectivity index (χ2v) is 15.7.